The predicted molar refractivity (Wildman–Crippen MR) is 273 cm³/mol. The number of aryl methyl sites for hydroxylation is 9. The third-order valence-corrected chi connectivity index (χ3v) is 13.2. The lowest BCUT2D eigenvalue weighted by atomic mass is 9.91. The molecular weight excluding hydrogens is 782 g/mol. The minimum atomic E-state index is -1.58. The quantitative estimate of drug-likeness (QED) is 0.137. The van der Waals surface area contributed by atoms with Crippen LogP contribution in [0.1, 0.15) is 78.4 Å². The van der Waals surface area contributed by atoms with Crippen LogP contribution in [0.25, 0.3) is 90.9 Å². The molecule has 0 saturated heterocycles. The zero-order chi connectivity index (χ0) is 44.5. The summed E-state index contributed by atoms with van der Waals surface area (Å²) in [6.07, 6.45) is 8.78. The first-order valence-electron chi connectivity index (χ1n) is 22.1. The largest absolute Gasteiger partial charge is 0.354 e. The second-order valence-electron chi connectivity index (χ2n) is 18.9. The number of rotatable bonds is 4. The SMILES string of the molecule is Cc1ccc(-[13c]2c3ccc([nH]3)c(-c3c(C)cc(C)cc3C)c3nc(c(-c4c(C)cc(C#C[Si](C)(C)C)cc4C)c4nc(c(-c5c(C)cc(C)cc5C)c5ccc2[nH]5)C=C4)C=C3)cc1. The van der Waals surface area contributed by atoms with Gasteiger partial charge in [-0.3, -0.25) is 0 Å². The molecule has 0 unspecified atom stereocenters. The van der Waals surface area contributed by atoms with Crippen molar-refractivity contribution >= 4 is 54.4 Å². The fraction of sp³-hybridized carbons (Fsp3) is 0.207. The Morgan fingerprint density at radius 3 is 1.13 bits per heavy atom. The molecule has 2 aliphatic heterocycles. The molecule has 0 aliphatic carbocycles. The van der Waals surface area contributed by atoms with Crippen molar-refractivity contribution in [3.05, 3.63) is 163 Å². The highest BCUT2D eigenvalue weighted by molar-refractivity contribution is 6.83. The van der Waals surface area contributed by atoms with E-state index in [4.69, 9.17) is 9.97 Å². The van der Waals surface area contributed by atoms with Gasteiger partial charge in [0.05, 0.1) is 22.8 Å². The fourth-order valence-corrected chi connectivity index (χ4v) is 10.4. The summed E-state index contributed by atoms with van der Waals surface area (Å²) in [6, 6.07) is 31.4. The first kappa shape index (κ1) is 41.6. The average Bonchev–Trinajstić information content (AvgIpc) is 4.05. The molecule has 9 rings (SSSR count). The van der Waals surface area contributed by atoms with Gasteiger partial charge < -0.3 is 9.97 Å². The molecule has 7 aromatic rings. The highest BCUT2D eigenvalue weighted by Crippen LogP contribution is 2.42. The van der Waals surface area contributed by atoms with E-state index in [1.54, 1.807) is 0 Å². The number of benzene rings is 4. The van der Waals surface area contributed by atoms with Crippen LogP contribution in [0.3, 0.4) is 0 Å². The standard InChI is InChI=1S/C58H56N4Si/c1-33-13-15-43(16-14-33)55-44-17-19-46(59-44)56(52-36(4)27-34(2)28-37(52)5)48-21-23-50(61-48)58(54-40(8)31-42(32-41(54)9)25-26-63(10,11)12)51-24-22-49(62-51)57(47-20-18-45(55)60-47)53-38(6)29-35(3)30-39(53)7/h13-24,27-32,59-60H,1-12H3/i55+1. The molecule has 0 saturated carbocycles. The van der Waals surface area contributed by atoms with E-state index in [2.05, 4.69) is 213 Å². The molecule has 2 aliphatic rings. The Balaban J connectivity index is 1.49. The Bertz CT molecular complexity index is 3120. The van der Waals surface area contributed by atoms with Gasteiger partial charge in [-0.2, -0.15) is 0 Å². The third-order valence-electron chi connectivity index (χ3n) is 12.3. The molecule has 0 atom stereocenters. The van der Waals surface area contributed by atoms with Crippen molar-refractivity contribution in [1.29, 1.82) is 0 Å². The van der Waals surface area contributed by atoms with Gasteiger partial charge in [-0.05, 0) is 179 Å². The highest BCUT2D eigenvalue weighted by Gasteiger charge is 2.23. The van der Waals surface area contributed by atoms with Crippen molar-refractivity contribution in [1.82, 2.24) is 19.9 Å². The topological polar surface area (TPSA) is 57.4 Å². The lowest BCUT2D eigenvalue weighted by Gasteiger charge is -2.15. The molecule has 5 heterocycles. The van der Waals surface area contributed by atoms with E-state index >= 15 is 0 Å². The number of H-pyrrole nitrogens is 2. The predicted octanol–water partition coefficient (Wildman–Crippen LogP) is 15.3. The Kier molecular flexibility index (Phi) is 10.5. The summed E-state index contributed by atoms with van der Waals surface area (Å²) in [6.45, 7) is 26.6. The second kappa shape index (κ2) is 15.9. The molecule has 2 N–H and O–H groups in total. The summed E-state index contributed by atoms with van der Waals surface area (Å²) in [5.74, 6) is 3.53. The molecule has 5 heteroatoms. The zero-order valence-corrected chi connectivity index (χ0v) is 39.8. The maximum atomic E-state index is 5.64. The summed E-state index contributed by atoms with van der Waals surface area (Å²) < 4.78 is 0. The van der Waals surface area contributed by atoms with Gasteiger partial charge in [-0.1, -0.05) is 90.8 Å². The molecule has 3 aromatic heterocycles. The minimum Gasteiger partial charge on any atom is -0.354 e. The molecule has 63 heavy (non-hydrogen) atoms. The minimum absolute atomic E-state index is 0.888. The van der Waals surface area contributed by atoms with E-state index in [0.717, 1.165) is 94.9 Å². The van der Waals surface area contributed by atoms with Gasteiger partial charge in [0.25, 0.3) is 0 Å². The smallest absolute Gasteiger partial charge is 0.129 e. The van der Waals surface area contributed by atoms with Crippen molar-refractivity contribution in [2.75, 3.05) is 0 Å². The lowest BCUT2D eigenvalue weighted by Crippen LogP contribution is -2.16. The summed E-state index contributed by atoms with van der Waals surface area (Å²) in [5, 5.41) is 0. The summed E-state index contributed by atoms with van der Waals surface area (Å²) in [5.41, 5.74) is 32.1. The Morgan fingerprint density at radius 2 is 0.730 bits per heavy atom. The average molecular weight is 838 g/mol. The van der Waals surface area contributed by atoms with Gasteiger partial charge in [0.1, 0.15) is 8.07 Å². The molecule has 8 bridgehead atoms. The van der Waals surface area contributed by atoms with Crippen molar-refractivity contribution in [2.24, 2.45) is 0 Å². The van der Waals surface area contributed by atoms with Crippen molar-refractivity contribution in [3.8, 4) is 56.0 Å². The van der Waals surface area contributed by atoms with E-state index < -0.39 is 8.07 Å². The van der Waals surface area contributed by atoms with Gasteiger partial charge in [0, 0.05) is 49.9 Å². The van der Waals surface area contributed by atoms with E-state index in [1.807, 2.05) is 0 Å². The van der Waals surface area contributed by atoms with Crippen LogP contribution in [-0.2, 0) is 0 Å². The van der Waals surface area contributed by atoms with Gasteiger partial charge in [0.15, 0.2) is 0 Å². The number of hydrogen-bond acceptors (Lipinski definition) is 2. The van der Waals surface area contributed by atoms with Crippen molar-refractivity contribution in [2.45, 2.75) is 82.0 Å². The molecule has 0 amide bonds. The first-order valence-corrected chi connectivity index (χ1v) is 25.6. The van der Waals surface area contributed by atoms with Crippen LogP contribution >= 0.6 is 0 Å². The summed E-state index contributed by atoms with van der Waals surface area (Å²) in [7, 11) is -1.58. The van der Waals surface area contributed by atoms with Gasteiger partial charge in [-0.15, -0.1) is 5.54 Å². The third kappa shape index (κ3) is 7.85. The molecule has 0 spiro atoms. The number of aromatic amines is 2. The molecule has 4 nitrogen and oxygen atoms in total. The first-order chi connectivity index (χ1) is 30.0. The Morgan fingerprint density at radius 1 is 0.381 bits per heavy atom. The van der Waals surface area contributed by atoms with E-state index in [-0.39, 0.29) is 0 Å². The van der Waals surface area contributed by atoms with Crippen molar-refractivity contribution in [3.63, 3.8) is 0 Å². The van der Waals surface area contributed by atoms with Crippen LogP contribution < -0.4 is 0 Å². The van der Waals surface area contributed by atoms with Crippen LogP contribution in [0.2, 0.25) is 19.6 Å². The number of nitrogens with zero attached hydrogens (tertiary/aromatic N) is 2. The Hall–Kier alpha value is -6.74. The van der Waals surface area contributed by atoms with Crippen LogP contribution in [0.5, 0.6) is 0 Å². The summed E-state index contributed by atoms with van der Waals surface area (Å²) in [4.78, 5) is 19.2. The number of hydrogen-bond donors (Lipinski definition) is 2. The Labute approximate surface area is 374 Å². The monoisotopic (exact) mass is 837 g/mol. The molecule has 0 radical (unpaired) electrons. The van der Waals surface area contributed by atoms with Crippen molar-refractivity contribution < 1.29 is 0 Å². The molecular formula is C58H56N4Si. The van der Waals surface area contributed by atoms with Crippen LogP contribution in [-0.4, -0.2) is 28.0 Å². The normalized spacial score (nSPS) is 12.2. The fourth-order valence-electron chi connectivity index (χ4n) is 9.86. The van der Waals surface area contributed by atoms with Crippen LogP contribution in [0.15, 0.2) is 84.9 Å². The van der Waals surface area contributed by atoms with E-state index in [9.17, 15) is 0 Å². The highest BCUT2D eigenvalue weighted by atomic mass is 28.3. The summed E-state index contributed by atoms with van der Waals surface area (Å²) >= 11 is 0. The number of fused-ring (bicyclic) bond motifs is 8. The van der Waals surface area contributed by atoms with Gasteiger partial charge >= 0.3 is 0 Å². The zero-order valence-electron chi connectivity index (χ0n) is 38.8. The molecule has 4 aromatic carbocycles. The lowest BCUT2D eigenvalue weighted by molar-refractivity contribution is 1.25. The van der Waals surface area contributed by atoms with Crippen LogP contribution in [0.4, 0.5) is 0 Å². The second-order valence-corrected chi connectivity index (χ2v) is 23.7. The number of aromatic nitrogens is 4. The maximum absolute atomic E-state index is 5.64. The maximum Gasteiger partial charge on any atom is 0.129 e. The van der Waals surface area contributed by atoms with Gasteiger partial charge in [0.2, 0.25) is 0 Å². The van der Waals surface area contributed by atoms with Gasteiger partial charge in [-0.25, -0.2) is 9.97 Å². The van der Waals surface area contributed by atoms with Crippen LogP contribution in [0, 0.1) is 73.8 Å². The molecule has 0 fully saturated rings. The molecule has 312 valence electrons. The number of nitrogens with one attached hydrogen (secondary N) is 2. The van der Waals surface area contributed by atoms with E-state index in [1.165, 1.54) is 50.1 Å². The van der Waals surface area contributed by atoms with E-state index in [0.29, 0.717) is 0 Å².